The summed E-state index contributed by atoms with van der Waals surface area (Å²) >= 11 is 1.49. The first kappa shape index (κ1) is 15.6. The van der Waals surface area contributed by atoms with Gasteiger partial charge in [-0.3, -0.25) is 9.20 Å². The molecule has 0 aliphatic carbocycles. The number of nitrogens with zero attached hydrogens (tertiary/aromatic N) is 2. The zero-order valence-corrected chi connectivity index (χ0v) is 13.7. The lowest BCUT2D eigenvalue weighted by Crippen LogP contribution is -2.14. The fourth-order valence-corrected chi connectivity index (χ4v) is 2.94. The first-order valence-electron chi connectivity index (χ1n) is 7.17. The molecule has 5 nitrogen and oxygen atoms in total. The molecule has 118 valence electrons. The van der Waals surface area contributed by atoms with Gasteiger partial charge >= 0.3 is 0 Å². The number of rotatable bonds is 4. The summed E-state index contributed by atoms with van der Waals surface area (Å²) in [7, 11) is 0. The van der Waals surface area contributed by atoms with Crippen molar-refractivity contribution in [2.24, 2.45) is 0 Å². The van der Waals surface area contributed by atoms with Crippen molar-refractivity contribution in [2.45, 2.75) is 18.7 Å². The summed E-state index contributed by atoms with van der Waals surface area (Å²) in [6, 6.07) is 11.2. The van der Waals surface area contributed by atoms with Crippen LogP contribution in [0, 0.1) is 6.92 Å². The Morgan fingerprint density at radius 3 is 2.91 bits per heavy atom. The van der Waals surface area contributed by atoms with E-state index < -0.39 is 0 Å². The van der Waals surface area contributed by atoms with E-state index in [1.54, 1.807) is 6.07 Å². The second kappa shape index (κ2) is 6.44. The molecule has 0 fully saturated rings. The molecule has 3 rings (SSSR count). The average molecular weight is 327 g/mol. The number of pyridine rings is 1. The summed E-state index contributed by atoms with van der Waals surface area (Å²) in [5.74, 6) is -0.257. The number of anilines is 1. The summed E-state index contributed by atoms with van der Waals surface area (Å²) in [5.41, 5.74) is 3.54. The molecule has 23 heavy (non-hydrogen) atoms. The quantitative estimate of drug-likeness (QED) is 0.723. The highest BCUT2D eigenvalue weighted by Gasteiger charge is 2.17. The second-order valence-corrected chi connectivity index (χ2v) is 5.94. The van der Waals surface area contributed by atoms with Crippen LogP contribution >= 0.6 is 11.8 Å². The largest absolute Gasteiger partial charge is 0.392 e. The molecule has 0 spiro atoms. The van der Waals surface area contributed by atoms with E-state index in [-0.39, 0.29) is 12.5 Å². The molecule has 0 saturated carbocycles. The molecule has 0 bridgehead atoms. The van der Waals surface area contributed by atoms with Gasteiger partial charge in [-0.1, -0.05) is 30.0 Å². The second-order valence-electron chi connectivity index (χ2n) is 5.16. The van der Waals surface area contributed by atoms with Crippen molar-refractivity contribution < 1.29 is 9.90 Å². The Kier molecular flexibility index (Phi) is 4.36. The van der Waals surface area contributed by atoms with Crippen LogP contribution < -0.4 is 5.32 Å². The standard InChI is InChI=1S/C17H17N3O2S/c1-11-6-7-12(10-21)9-13(11)18-16(22)15-14-5-3-4-8-20(14)17(19-15)23-2/h3-9,21H,10H2,1-2H3,(H,18,22). The molecule has 0 radical (unpaired) electrons. The van der Waals surface area contributed by atoms with E-state index in [1.165, 1.54) is 11.8 Å². The Labute approximate surface area is 138 Å². The number of imidazole rings is 1. The van der Waals surface area contributed by atoms with Crippen molar-refractivity contribution in [2.75, 3.05) is 11.6 Å². The number of carbonyl (C=O) groups is 1. The van der Waals surface area contributed by atoms with Crippen LogP contribution in [0.4, 0.5) is 5.69 Å². The van der Waals surface area contributed by atoms with Gasteiger partial charge in [-0.2, -0.15) is 0 Å². The van der Waals surface area contributed by atoms with Crippen LogP contribution in [0.1, 0.15) is 21.6 Å². The first-order chi connectivity index (χ1) is 11.1. The molecular weight excluding hydrogens is 310 g/mol. The molecule has 1 amide bonds. The number of amides is 1. The maximum Gasteiger partial charge on any atom is 0.276 e. The zero-order chi connectivity index (χ0) is 16.4. The third-order valence-corrected chi connectivity index (χ3v) is 4.30. The fourth-order valence-electron chi connectivity index (χ4n) is 2.40. The topological polar surface area (TPSA) is 66.6 Å². The van der Waals surface area contributed by atoms with Crippen LogP contribution in [-0.4, -0.2) is 26.7 Å². The molecule has 0 atom stereocenters. The Morgan fingerprint density at radius 1 is 1.35 bits per heavy atom. The molecule has 2 N–H and O–H groups in total. The maximum atomic E-state index is 12.7. The van der Waals surface area contributed by atoms with E-state index >= 15 is 0 Å². The van der Waals surface area contributed by atoms with Crippen molar-refractivity contribution in [3.8, 4) is 0 Å². The summed E-state index contributed by atoms with van der Waals surface area (Å²) in [5, 5.41) is 12.9. The number of aliphatic hydroxyl groups is 1. The summed E-state index contributed by atoms with van der Waals surface area (Å²) < 4.78 is 1.90. The number of thioether (sulfide) groups is 1. The Balaban J connectivity index is 1.98. The number of benzene rings is 1. The van der Waals surface area contributed by atoms with Gasteiger partial charge in [0.15, 0.2) is 10.9 Å². The van der Waals surface area contributed by atoms with Gasteiger partial charge in [-0.05, 0) is 42.5 Å². The van der Waals surface area contributed by atoms with E-state index in [1.807, 2.05) is 54.1 Å². The number of aryl methyl sites for hydroxylation is 1. The van der Waals surface area contributed by atoms with Crippen LogP contribution in [0.2, 0.25) is 0 Å². The smallest absolute Gasteiger partial charge is 0.276 e. The van der Waals surface area contributed by atoms with Crippen molar-refractivity contribution in [3.05, 3.63) is 59.4 Å². The molecule has 2 aromatic heterocycles. The Bertz CT molecular complexity index is 873. The minimum absolute atomic E-state index is 0.0623. The van der Waals surface area contributed by atoms with Gasteiger partial charge in [0.1, 0.15) is 0 Å². The van der Waals surface area contributed by atoms with Gasteiger partial charge in [0.05, 0.1) is 12.1 Å². The molecule has 0 unspecified atom stereocenters. The predicted molar refractivity (Wildman–Crippen MR) is 92.0 cm³/mol. The first-order valence-corrected chi connectivity index (χ1v) is 8.39. The SMILES string of the molecule is CSc1nc(C(=O)Nc2cc(CO)ccc2C)c2ccccn12. The summed E-state index contributed by atoms with van der Waals surface area (Å²) in [6.07, 6.45) is 3.82. The number of aromatic nitrogens is 2. The van der Waals surface area contributed by atoms with Crippen LogP contribution in [0.25, 0.3) is 5.52 Å². The number of nitrogens with one attached hydrogen (secondary N) is 1. The molecule has 2 heterocycles. The number of fused-ring (bicyclic) bond motifs is 1. The maximum absolute atomic E-state index is 12.7. The monoisotopic (exact) mass is 327 g/mol. The van der Waals surface area contributed by atoms with Crippen LogP contribution in [0.3, 0.4) is 0 Å². The van der Waals surface area contributed by atoms with Gasteiger partial charge in [-0.25, -0.2) is 4.98 Å². The lowest BCUT2D eigenvalue weighted by atomic mass is 10.1. The summed E-state index contributed by atoms with van der Waals surface area (Å²) in [6.45, 7) is 1.85. The molecule has 6 heteroatoms. The highest BCUT2D eigenvalue weighted by molar-refractivity contribution is 7.98. The number of aliphatic hydroxyl groups excluding tert-OH is 1. The van der Waals surface area contributed by atoms with Crippen molar-refractivity contribution >= 4 is 28.9 Å². The lowest BCUT2D eigenvalue weighted by molar-refractivity contribution is 0.102. The fraction of sp³-hybridized carbons (Fsp3) is 0.176. The molecule has 1 aromatic carbocycles. The minimum Gasteiger partial charge on any atom is -0.392 e. The van der Waals surface area contributed by atoms with Crippen LogP contribution in [-0.2, 0) is 6.61 Å². The molecule has 3 aromatic rings. The van der Waals surface area contributed by atoms with Crippen molar-refractivity contribution in [1.82, 2.24) is 9.38 Å². The highest BCUT2D eigenvalue weighted by atomic mass is 32.2. The third kappa shape index (κ3) is 2.95. The van der Waals surface area contributed by atoms with E-state index in [0.29, 0.717) is 11.4 Å². The third-order valence-electron chi connectivity index (χ3n) is 3.65. The average Bonchev–Trinajstić information content (AvgIpc) is 2.96. The van der Waals surface area contributed by atoms with Gasteiger partial charge < -0.3 is 10.4 Å². The van der Waals surface area contributed by atoms with Crippen LogP contribution in [0.15, 0.2) is 47.8 Å². The van der Waals surface area contributed by atoms with Crippen LogP contribution in [0.5, 0.6) is 0 Å². The van der Waals surface area contributed by atoms with E-state index in [4.69, 9.17) is 0 Å². The number of hydrogen-bond donors (Lipinski definition) is 2. The normalized spacial score (nSPS) is 10.9. The van der Waals surface area contributed by atoms with Crippen molar-refractivity contribution in [3.63, 3.8) is 0 Å². The van der Waals surface area contributed by atoms with Gasteiger partial charge in [0.25, 0.3) is 5.91 Å². The number of hydrogen-bond acceptors (Lipinski definition) is 4. The summed E-state index contributed by atoms with van der Waals surface area (Å²) in [4.78, 5) is 17.1. The molecule has 0 aliphatic heterocycles. The minimum atomic E-state index is -0.257. The zero-order valence-electron chi connectivity index (χ0n) is 12.9. The van der Waals surface area contributed by atoms with E-state index in [2.05, 4.69) is 10.3 Å². The van der Waals surface area contributed by atoms with Gasteiger partial charge in [0.2, 0.25) is 0 Å². The van der Waals surface area contributed by atoms with Gasteiger partial charge in [-0.15, -0.1) is 0 Å². The lowest BCUT2D eigenvalue weighted by Gasteiger charge is -2.09. The molecule has 0 saturated heterocycles. The van der Waals surface area contributed by atoms with Crippen molar-refractivity contribution in [1.29, 1.82) is 0 Å². The predicted octanol–water partition coefficient (Wildman–Crippen LogP) is 3.11. The highest BCUT2D eigenvalue weighted by Crippen LogP contribution is 2.22. The Morgan fingerprint density at radius 2 is 2.17 bits per heavy atom. The molecular formula is C17H17N3O2S. The van der Waals surface area contributed by atoms with Gasteiger partial charge in [0, 0.05) is 11.9 Å². The number of carbonyl (C=O) groups excluding carboxylic acids is 1. The van der Waals surface area contributed by atoms with E-state index in [0.717, 1.165) is 21.8 Å². The van der Waals surface area contributed by atoms with E-state index in [9.17, 15) is 9.90 Å². The molecule has 0 aliphatic rings. The Hall–Kier alpha value is -2.31.